The zero-order valence-electron chi connectivity index (χ0n) is 21.2. The first-order valence-electron chi connectivity index (χ1n) is 12.4. The summed E-state index contributed by atoms with van der Waals surface area (Å²) in [6.45, 7) is 0.428. The number of benzene rings is 5. The van der Waals surface area contributed by atoms with Crippen LogP contribution >= 0.6 is 0 Å². The summed E-state index contributed by atoms with van der Waals surface area (Å²) < 4.78 is 23.8. The molecule has 0 aliphatic carbocycles. The lowest BCUT2D eigenvalue weighted by Gasteiger charge is -2.16. The summed E-state index contributed by atoms with van der Waals surface area (Å²) in [5.41, 5.74) is 2.55. The molecule has 6 heteroatoms. The van der Waals surface area contributed by atoms with Crippen LogP contribution < -0.4 is 18.9 Å². The predicted octanol–water partition coefficient (Wildman–Crippen LogP) is 7.11. The Morgan fingerprint density at radius 2 is 0.895 bits per heavy atom. The SMILES string of the molecule is COc1ccc(OC)c2nc(COc3cccc4ccccc34)c(COc3cccc4ccccc34)nc12. The van der Waals surface area contributed by atoms with Crippen molar-refractivity contribution in [3.8, 4) is 23.0 Å². The van der Waals surface area contributed by atoms with Crippen molar-refractivity contribution in [1.29, 1.82) is 0 Å². The van der Waals surface area contributed by atoms with Gasteiger partial charge in [-0.05, 0) is 35.0 Å². The molecule has 0 atom stereocenters. The molecule has 0 saturated carbocycles. The van der Waals surface area contributed by atoms with Crippen LogP contribution in [0.3, 0.4) is 0 Å². The first kappa shape index (κ1) is 23.6. The summed E-state index contributed by atoms with van der Waals surface area (Å²) in [7, 11) is 3.24. The Morgan fingerprint density at radius 3 is 1.34 bits per heavy atom. The van der Waals surface area contributed by atoms with Crippen LogP contribution in [0, 0.1) is 0 Å². The summed E-state index contributed by atoms with van der Waals surface area (Å²) in [5.74, 6) is 2.79. The monoisotopic (exact) mass is 502 g/mol. The van der Waals surface area contributed by atoms with Gasteiger partial charge in [0.05, 0.1) is 14.2 Å². The number of ether oxygens (including phenoxy) is 4. The minimum atomic E-state index is 0.214. The molecule has 188 valence electrons. The van der Waals surface area contributed by atoms with Crippen molar-refractivity contribution >= 4 is 32.6 Å². The lowest BCUT2D eigenvalue weighted by molar-refractivity contribution is 0.281. The number of rotatable bonds is 8. The lowest BCUT2D eigenvalue weighted by Crippen LogP contribution is -2.10. The van der Waals surface area contributed by atoms with Crippen molar-refractivity contribution in [3.63, 3.8) is 0 Å². The van der Waals surface area contributed by atoms with E-state index >= 15 is 0 Å². The third kappa shape index (κ3) is 4.41. The smallest absolute Gasteiger partial charge is 0.146 e. The number of hydrogen-bond acceptors (Lipinski definition) is 6. The fourth-order valence-corrected chi connectivity index (χ4v) is 4.65. The van der Waals surface area contributed by atoms with Crippen LogP contribution in [0.2, 0.25) is 0 Å². The van der Waals surface area contributed by atoms with Gasteiger partial charge in [0.1, 0.15) is 58.6 Å². The fraction of sp³-hybridized carbons (Fsp3) is 0.125. The second kappa shape index (κ2) is 10.3. The topological polar surface area (TPSA) is 62.7 Å². The summed E-state index contributed by atoms with van der Waals surface area (Å²) >= 11 is 0. The van der Waals surface area contributed by atoms with Gasteiger partial charge in [-0.3, -0.25) is 0 Å². The van der Waals surface area contributed by atoms with Crippen molar-refractivity contribution in [1.82, 2.24) is 9.97 Å². The molecule has 0 bridgehead atoms. The maximum Gasteiger partial charge on any atom is 0.146 e. The largest absolute Gasteiger partial charge is 0.494 e. The minimum Gasteiger partial charge on any atom is -0.494 e. The fourth-order valence-electron chi connectivity index (χ4n) is 4.65. The zero-order valence-corrected chi connectivity index (χ0v) is 21.2. The first-order chi connectivity index (χ1) is 18.7. The highest BCUT2D eigenvalue weighted by atomic mass is 16.5. The van der Waals surface area contributed by atoms with E-state index in [9.17, 15) is 0 Å². The van der Waals surface area contributed by atoms with Gasteiger partial charge >= 0.3 is 0 Å². The van der Waals surface area contributed by atoms with E-state index in [2.05, 4.69) is 36.4 Å². The van der Waals surface area contributed by atoms with E-state index in [1.807, 2.05) is 60.7 Å². The summed E-state index contributed by atoms with van der Waals surface area (Å²) in [5, 5.41) is 4.30. The third-order valence-corrected chi connectivity index (χ3v) is 6.57. The summed E-state index contributed by atoms with van der Waals surface area (Å²) in [6, 6.07) is 32.0. The van der Waals surface area contributed by atoms with Crippen molar-refractivity contribution < 1.29 is 18.9 Å². The Morgan fingerprint density at radius 1 is 0.474 bits per heavy atom. The van der Waals surface area contributed by atoms with Gasteiger partial charge in [-0.15, -0.1) is 0 Å². The Bertz CT molecular complexity index is 1630. The molecule has 0 unspecified atom stereocenters. The van der Waals surface area contributed by atoms with Gasteiger partial charge in [0.25, 0.3) is 0 Å². The molecule has 1 aromatic heterocycles. The molecule has 0 aliphatic heterocycles. The molecule has 38 heavy (non-hydrogen) atoms. The molecule has 0 fully saturated rings. The molecular formula is C32H26N2O4. The Kier molecular flexibility index (Phi) is 6.36. The molecule has 6 rings (SSSR count). The molecule has 1 heterocycles. The van der Waals surface area contributed by atoms with Crippen LogP contribution in [0.5, 0.6) is 23.0 Å². The van der Waals surface area contributed by atoms with E-state index in [4.69, 9.17) is 28.9 Å². The van der Waals surface area contributed by atoms with Gasteiger partial charge in [0, 0.05) is 10.8 Å². The molecule has 0 spiro atoms. The summed E-state index contributed by atoms with van der Waals surface area (Å²) in [4.78, 5) is 9.90. The molecule has 0 saturated heterocycles. The number of hydrogen-bond donors (Lipinski definition) is 0. The van der Waals surface area contributed by atoms with Gasteiger partial charge in [-0.1, -0.05) is 72.8 Å². The van der Waals surface area contributed by atoms with Crippen molar-refractivity contribution in [3.05, 3.63) is 108 Å². The van der Waals surface area contributed by atoms with Gasteiger partial charge < -0.3 is 18.9 Å². The molecule has 0 aliphatic rings. The van der Waals surface area contributed by atoms with Crippen molar-refractivity contribution in [2.75, 3.05) is 14.2 Å². The predicted molar refractivity (Wildman–Crippen MR) is 149 cm³/mol. The van der Waals surface area contributed by atoms with Crippen LogP contribution in [0.1, 0.15) is 11.4 Å². The Labute approximate surface area is 220 Å². The number of fused-ring (bicyclic) bond motifs is 3. The quantitative estimate of drug-likeness (QED) is 0.221. The van der Waals surface area contributed by atoms with Crippen LogP contribution in [0.4, 0.5) is 0 Å². The Balaban J connectivity index is 1.40. The van der Waals surface area contributed by atoms with E-state index < -0.39 is 0 Å². The maximum atomic E-state index is 6.32. The molecular weight excluding hydrogens is 476 g/mol. The summed E-state index contributed by atoms with van der Waals surface area (Å²) in [6.07, 6.45) is 0. The standard InChI is InChI=1S/C32H26N2O4/c1-35-29-17-18-30(36-2)32-31(29)33-25(19-37-27-15-7-11-21-9-3-5-13-23(21)27)26(34-32)20-38-28-16-8-12-22-10-4-6-14-24(22)28/h3-18H,19-20H2,1-2H3. The normalized spacial score (nSPS) is 11.1. The molecule has 0 amide bonds. The minimum absolute atomic E-state index is 0.214. The van der Waals surface area contributed by atoms with Gasteiger partial charge in [-0.2, -0.15) is 0 Å². The van der Waals surface area contributed by atoms with Crippen LogP contribution in [0.25, 0.3) is 32.6 Å². The second-order valence-electron chi connectivity index (χ2n) is 8.82. The second-order valence-corrected chi connectivity index (χ2v) is 8.82. The van der Waals surface area contributed by atoms with Gasteiger partial charge in [0.15, 0.2) is 0 Å². The molecule has 0 N–H and O–H groups in total. The molecule has 0 radical (unpaired) electrons. The Hall–Kier alpha value is -4.84. The van der Waals surface area contributed by atoms with E-state index in [1.54, 1.807) is 14.2 Å². The van der Waals surface area contributed by atoms with Gasteiger partial charge in [0.2, 0.25) is 0 Å². The van der Waals surface area contributed by atoms with Gasteiger partial charge in [-0.25, -0.2) is 9.97 Å². The maximum absolute atomic E-state index is 6.32. The zero-order chi connectivity index (χ0) is 25.9. The number of aromatic nitrogens is 2. The van der Waals surface area contributed by atoms with Crippen LogP contribution in [-0.4, -0.2) is 24.2 Å². The lowest BCUT2D eigenvalue weighted by atomic mass is 10.1. The molecule has 6 aromatic rings. The van der Waals surface area contributed by atoms with Crippen LogP contribution in [-0.2, 0) is 13.2 Å². The number of nitrogens with zero attached hydrogens (tertiary/aromatic N) is 2. The average molecular weight is 503 g/mol. The first-order valence-corrected chi connectivity index (χ1v) is 12.4. The van der Waals surface area contributed by atoms with E-state index in [0.717, 1.165) is 33.0 Å². The van der Waals surface area contributed by atoms with Crippen molar-refractivity contribution in [2.24, 2.45) is 0 Å². The average Bonchev–Trinajstić information content (AvgIpc) is 2.98. The third-order valence-electron chi connectivity index (χ3n) is 6.57. The highest BCUT2D eigenvalue weighted by Crippen LogP contribution is 2.33. The van der Waals surface area contributed by atoms with Crippen molar-refractivity contribution in [2.45, 2.75) is 13.2 Å². The van der Waals surface area contributed by atoms with E-state index in [1.165, 1.54) is 0 Å². The van der Waals surface area contributed by atoms with Crippen LogP contribution in [0.15, 0.2) is 97.1 Å². The molecule has 5 aromatic carbocycles. The van der Waals surface area contributed by atoms with E-state index in [0.29, 0.717) is 33.9 Å². The highest BCUT2D eigenvalue weighted by Gasteiger charge is 2.17. The molecule has 6 nitrogen and oxygen atoms in total. The van der Waals surface area contributed by atoms with E-state index in [-0.39, 0.29) is 13.2 Å². The highest BCUT2D eigenvalue weighted by molar-refractivity contribution is 5.89. The number of methoxy groups -OCH3 is 2.